The van der Waals surface area contributed by atoms with Crippen LogP contribution in [0.3, 0.4) is 0 Å². The summed E-state index contributed by atoms with van der Waals surface area (Å²) in [5, 5.41) is 14.7. The number of rotatable bonds is 4. The Kier molecular flexibility index (Phi) is 4.29. The number of carboxylic acid groups (broad SMARTS) is 1. The van der Waals surface area contributed by atoms with Gasteiger partial charge in [0.05, 0.1) is 6.54 Å². The van der Waals surface area contributed by atoms with Gasteiger partial charge in [-0.1, -0.05) is 19.8 Å². The molecule has 0 aromatic heterocycles. The van der Waals surface area contributed by atoms with E-state index in [9.17, 15) is 14.7 Å². The maximum absolute atomic E-state index is 11.3. The van der Waals surface area contributed by atoms with E-state index in [0.29, 0.717) is 18.8 Å². The van der Waals surface area contributed by atoms with Crippen molar-refractivity contribution in [3.63, 3.8) is 0 Å². The highest BCUT2D eigenvalue weighted by atomic mass is 16.4. The summed E-state index contributed by atoms with van der Waals surface area (Å²) in [4.78, 5) is 22.5. The second kappa shape index (κ2) is 5.30. The van der Waals surface area contributed by atoms with E-state index >= 15 is 0 Å². The SMILES string of the molecule is CNC(=O)CNC1(C(=O)O)CCCC(C)C1. The molecule has 3 N–H and O–H groups in total. The molecular weight excluding hydrogens is 208 g/mol. The lowest BCUT2D eigenvalue weighted by molar-refractivity contribution is -0.147. The second-order valence-corrected chi connectivity index (χ2v) is 4.62. The minimum Gasteiger partial charge on any atom is -0.480 e. The monoisotopic (exact) mass is 228 g/mol. The molecule has 2 unspecified atom stereocenters. The summed E-state index contributed by atoms with van der Waals surface area (Å²) in [6, 6.07) is 0. The standard InChI is InChI=1S/C11H20N2O3/c1-8-4-3-5-11(6-8,10(15)16)13-7-9(14)12-2/h8,13H,3-7H2,1-2H3,(H,12,14)(H,15,16). The van der Waals surface area contributed by atoms with Crippen LogP contribution >= 0.6 is 0 Å². The number of amides is 1. The van der Waals surface area contributed by atoms with Gasteiger partial charge in [-0.2, -0.15) is 0 Å². The van der Waals surface area contributed by atoms with Crippen LogP contribution in [0.4, 0.5) is 0 Å². The van der Waals surface area contributed by atoms with Crippen LogP contribution in [0.25, 0.3) is 0 Å². The van der Waals surface area contributed by atoms with Crippen LogP contribution in [0.15, 0.2) is 0 Å². The quantitative estimate of drug-likeness (QED) is 0.649. The van der Waals surface area contributed by atoms with Crippen molar-refractivity contribution < 1.29 is 14.7 Å². The summed E-state index contributed by atoms with van der Waals surface area (Å²) in [5.41, 5.74) is -0.913. The number of carbonyl (C=O) groups excluding carboxylic acids is 1. The molecule has 1 fully saturated rings. The number of hydrogen-bond donors (Lipinski definition) is 3. The fourth-order valence-electron chi connectivity index (χ4n) is 2.32. The Morgan fingerprint density at radius 3 is 2.69 bits per heavy atom. The Balaban J connectivity index is 2.65. The van der Waals surface area contributed by atoms with E-state index in [2.05, 4.69) is 17.6 Å². The normalized spacial score (nSPS) is 29.8. The Labute approximate surface area is 95.6 Å². The van der Waals surface area contributed by atoms with Crippen LogP contribution in [0, 0.1) is 5.92 Å². The predicted molar refractivity (Wildman–Crippen MR) is 60.1 cm³/mol. The minimum absolute atomic E-state index is 0.0650. The van der Waals surface area contributed by atoms with Gasteiger partial charge in [0, 0.05) is 7.05 Å². The molecule has 1 saturated carbocycles. The zero-order valence-corrected chi connectivity index (χ0v) is 9.88. The number of nitrogens with one attached hydrogen (secondary N) is 2. The van der Waals surface area contributed by atoms with Crippen molar-refractivity contribution in [3.05, 3.63) is 0 Å². The lowest BCUT2D eigenvalue weighted by atomic mass is 9.76. The molecule has 0 aromatic rings. The molecule has 0 heterocycles. The van der Waals surface area contributed by atoms with Gasteiger partial charge in [0.1, 0.15) is 5.54 Å². The molecule has 92 valence electrons. The van der Waals surface area contributed by atoms with Gasteiger partial charge in [0.25, 0.3) is 0 Å². The molecule has 5 nitrogen and oxygen atoms in total. The molecule has 0 aliphatic heterocycles. The van der Waals surface area contributed by atoms with Crippen LogP contribution in [0.5, 0.6) is 0 Å². The summed E-state index contributed by atoms with van der Waals surface area (Å²) < 4.78 is 0. The van der Waals surface area contributed by atoms with Crippen molar-refractivity contribution in [2.75, 3.05) is 13.6 Å². The van der Waals surface area contributed by atoms with E-state index in [-0.39, 0.29) is 12.5 Å². The Morgan fingerprint density at radius 1 is 1.50 bits per heavy atom. The molecule has 0 radical (unpaired) electrons. The van der Waals surface area contributed by atoms with E-state index < -0.39 is 11.5 Å². The van der Waals surface area contributed by atoms with Crippen molar-refractivity contribution in [1.29, 1.82) is 0 Å². The van der Waals surface area contributed by atoms with E-state index in [1.54, 1.807) is 7.05 Å². The molecule has 0 spiro atoms. The highest BCUT2D eigenvalue weighted by Crippen LogP contribution is 2.32. The number of hydrogen-bond acceptors (Lipinski definition) is 3. The van der Waals surface area contributed by atoms with Crippen molar-refractivity contribution in [1.82, 2.24) is 10.6 Å². The zero-order chi connectivity index (χ0) is 12.2. The van der Waals surface area contributed by atoms with E-state index in [1.807, 2.05) is 0 Å². The number of carboxylic acids is 1. The van der Waals surface area contributed by atoms with Gasteiger partial charge >= 0.3 is 5.97 Å². The fourth-order valence-corrected chi connectivity index (χ4v) is 2.32. The van der Waals surface area contributed by atoms with Crippen molar-refractivity contribution >= 4 is 11.9 Å². The first-order valence-electron chi connectivity index (χ1n) is 5.69. The summed E-state index contributed by atoms with van der Waals surface area (Å²) in [7, 11) is 1.54. The van der Waals surface area contributed by atoms with E-state index in [0.717, 1.165) is 12.8 Å². The third-order valence-corrected chi connectivity index (χ3v) is 3.27. The molecule has 1 amide bonds. The molecule has 5 heteroatoms. The first-order chi connectivity index (χ1) is 7.50. The van der Waals surface area contributed by atoms with E-state index in [4.69, 9.17) is 0 Å². The van der Waals surface area contributed by atoms with Crippen LogP contribution in [0.2, 0.25) is 0 Å². The van der Waals surface area contributed by atoms with Crippen molar-refractivity contribution in [2.24, 2.45) is 5.92 Å². The lowest BCUT2D eigenvalue weighted by Crippen LogP contribution is -2.56. The van der Waals surface area contributed by atoms with Gasteiger partial charge in [-0.15, -0.1) is 0 Å². The number of aliphatic carboxylic acids is 1. The molecule has 0 aromatic carbocycles. The van der Waals surface area contributed by atoms with Gasteiger partial charge in [0.15, 0.2) is 0 Å². The van der Waals surface area contributed by atoms with Gasteiger partial charge in [-0.3, -0.25) is 14.9 Å². The second-order valence-electron chi connectivity index (χ2n) is 4.62. The maximum atomic E-state index is 11.3. The van der Waals surface area contributed by atoms with Gasteiger partial charge in [0.2, 0.25) is 5.91 Å². The summed E-state index contributed by atoms with van der Waals surface area (Å²) in [6.07, 6.45) is 3.16. The smallest absolute Gasteiger partial charge is 0.323 e. The average molecular weight is 228 g/mol. The first-order valence-corrected chi connectivity index (χ1v) is 5.69. The van der Waals surface area contributed by atoms with Crippen molar-refractivity contribution in [2.45, 2.75) is 38.1 Å². The molecule has 2 atom stereocenters. The van der Waals surface area contributed by atoms with E-state index in [1.165, 1.54) is 0 Å². The first kappa shape index (κ1) is 13.0. The summed E-state index contributed by atoms with van der Waals surface area (Å²) in [5.74, 6) is -0.635. The lowest BCUT2D eigenvalue weighted by Gasteiger charge is -2.37. The zero-order valence-electron chi connectivity index (χ0n) is 9.88. The molecular formula is C11H20N2O3. The fraction of sp³-hybridized carbons (Fsp3) is 0.818. The summed E-state index contributed by atoms with van der Waals surface area (Å²) in [6.45, 7) is 2.12. The molecule has 1 rings (SSSR count). The third kappa shape index (κ3) is 2.95. The van der Waals surface area contributed by atoms with Crippen molar-refractivity contribution in [3.8, 4) is 0 Å². The highest BCUT2D eigenvalue weighted by molar-refractivity contribution is 5.82. The summed E-state index contributed by atoms with van der Waals surface area (Å²) >= 11 is 0. The molecule has 0 bridgehead atoms. The number of likely N-dealkylation sites (N-methyl/N-ethyl adjacent to an activating group) is 1. The Morgan fingerprint density at radius 2 is 2.19 bits per heavy atom. The van der Waals surface area contributed by atoms with Crippen LogP contribution in [0.1, 0.15) is 32.6 Å². The van der Waals surface area contributed by atoms with Gasteiger partial charge in [-0.05, 0) is 18.8 Å². The third-order valence-electron chi connectivity index (χ3n) is 3.27. The number of carbonyl (C=O) groups is 2. The predicted octanol–water partition coefficient (Wildman–Crippen LogP) is 0.355. The largest absolute Gasteiger partial charge is 0.480 e. The molecule has 1 aliphatic rings. The minimum atomic E-state index is -0.913. The Bertz CT molecular complexity index is 280. The van der Waals surface area contributed by atoms with Crippen LogP contribution in [-0.2, 0) is 9.59 Å². The topological polar surface area (TPSA) is 78.4 Å². The van der Waals surface area contributed by atoms with Gasteiger partial charge < -0.3 is 10.4 Å². The Hall–Kier alpha value is -1.10. The average Bonchev–Trinajstić information content (AvgIpc) is 2.25. The molecule has 16 heavy (non-hydrogen) atoms. The van der Waals surface area contributed by atoms with Crippen LogP contribution < -0.4 is 10.6 Å². The maximum Gasteiger partial charge on any atom is 0.323 e. The highest BCUT2D eigenvalue weighted by Gasteiger charge is 2.41. The molecule has 1 aliphatic carbocycles. The van der Waals surface area contributed by atoms with Crippen LogP contribution in [-0.4, -0.2) is 36.1 Å². The molecule has 0 saturated heterocycles. The van der Waals surface area contributed by atoms with Gasteiger partial charge in [-0.25, -0.2) is 0 Å².